The largest absolute Gasteiger partial charge is 0.416 e. The first-order valence-electron chi connectivity index (χ1n) is 6.51. The minimum Gasteiger partial charge on any atom is -0.368 e. The van der Waals surface area contributed by atoms with Crippen LogP contribution in [0.1, 0.15) is 31.0 Å². The maximum Gasteiger partial charge on any atom is 0.416 e. The van der Waals surface area contributed by atoms with Crippen molar-refractivity contribution < 1.29 is 18.0 Å². The number of hydrogen-bond donors (Lipinski definition) is 1. The summed E-state index contributed by atoms with van der Waals surface area (Å²) in [5.74, 6) is -0.985. The minimum atomic E-state index is -4.51. The molecular weight excluding hydrogens is 299 g/mol. The van der Waals surface area contributed by atoms with Gasteiger partial charge >= 0.3 is 6.18 Å². The number of rotatable bonds is 3. The molecule has 118 valence electrons. The maximum absolute atomic E-state index is 12.8. The molecule has 0 unspecified atom stereocenters. The Kier molecular flexibility index (Phi) is 3.95. The summed E-state index contributed by atoms with van der Waals surface area (Å²) in [5, 5.41) is 4.21. The van der Waals surface area contributed by atoms with Crippen LogP contribution in [0.5, 0.6) is 0 Å². The van der Waals surface area contributed by atoms with Gasteiger partial charge < -0.3 is 5.73 Å². The molecule has 0 bridgehead atoms. The Morgan fingerprint density at radius 2 is 1.95 bits per heavy atom. The van der Waals surface area contributed by atoms with Gasteiger partial charge in [-0.2, -0.15) is 18.3 Å². The van der Waals surface area contributed by atoms with Crippen LogP contribution >= 0.6 is 0 Å². The quantitative estimate of drug-likeness (QED) is 0.941. The van der Waals surface area contributed by atoms with Gasteiger partial charge in [0.1, 0.15) is 6.54 Å². The zero-order chi connectivity index (χ0) is 16.7. The molecule has 1 amide bonds. The van der Waals surface area contributed by atoms with Crippen LogP contribution in [0.15, 0.2) is 23.0 Å². The summed E-state index contributed by atoms with van der Waals surface area (Å²) in [6.45, 7) is 3.05. The van der Waals surface area contributed by atoms with Gasteiger partial charge in [0.2, 0.25) is 5.91 Å². The molecule has 2 N–H and O–H groups in total. The van der Waals surface area contributed by atoms with Crippen molar-refractivity contribution in [1.29, 1.82) is 0 Å². The molecule has 0 aliphatic heterocycles. The molecule has 0 radical (unpaired) electrons. The van der Waals surface area contributed by atoms with E-state index in [0.717, 1.165) is 22.9 Å². The van der Waals surface area contributed by atoms with Gasteiger partial charge in [0.15, 0.2) is 0 Å². The average molecular weight is 313 g/mol. The van der Waals surface area contributed by atoms with E-state index in [1.165, 1.54) is 0 Å². The molecule has 1 aromatic heterocycles. The zero-order valence-corrected chi connectivity index (χ0v) is 11.9. The van der Waals surface area contributed by atoms with Gasteiger partial charge in [0.25, 0.3) is 5.56 Å². The highest BCUT2D eigenvalue weighted by atomic mass is 19.4. The number of aromatic nitrogens is 2. The number of alkyl halides is 3. The highest BCUT2D eigenvalue weighted by molar-refractivity contribution is 5.85. The number of fused-ring (bicyclic) bond motifs is 1. The van der Waals surface area contributed by atoms with E-state index in [-0.39, 0.29) is 16.7 Å². The highest BCUT2D eigenvalue weighted by Gasteiger charge is 2.31. The van der Waals surface area contributed by atoms with Crippen molar-refractivity contribution >= 4 is 16.7 Å². The molecule has 2 rings (SSSR count). The first-order valence-corrected chi connectivity index (χ1v) is 6.51. The minimum absolute atomic E-state index is 0.0768. The summed E-state index contributed by atoms with van der Waals surface area (Å²) in [6.07, 6.45) is -4.51. The van der Waals surface area contributed by atoms with E-state index in [0.29, 0.717) is 5.69 Å². The summed E-state index contributed by atoms with van der Waals surface area (Å²) in [4.78, 5) is 23.2. The van der Waals surface area contributed by atoms with Crippen LogP contribution in [-0.2, 0) is 17.5 Å². The number of halogens is 3. The van der Waals surface area contributed by atoms with Crippen molar-refractivity contribution in [2.75, 3.05) is 0 Å². The van der Waals surface area contributed by atoms with Crippen LogP contribution < -0.4 is 11.3 Å². The number of hydrogen-bond acceptors (Lipinski definition) is 3. The topological polar surface area (TPSA) is 78.0 Å². The standard InChI is InChI=1S/C14H14F3N3O2/c1-7(2)12-10-5-8(14(15,16)17)3-4-9(10)13(22)20(19-12)6-11(18)21/h3-5,7H,6H2,1-2H3,(H2,18,21). The third-order valence-corrected chi connectivity index (χ3v) is 3.17. The third kappa shape index (κ3) is 2.95. The lowest BCUT2D eigenvalue weighted by molar-refractivity contribution is -0.137. The maximum atomic E-state index is 12.8. The third-order valence-electron chi connectivity index (χ3n) is 3.17. The Balaban J connectivity index is 2.81. The second-order valence-corrected chi connectivity index (χ2v) is 5.23. The van der Waals surface area contributed by atoms with E-state index in [2.05, 4.69) is 5.10 Å². The summed E-state index contributed by atoms with van der Waals surface area (Å²) >= 11 is 0. The second kappa shape index (κ2) is 5.43. The van der Waals surface area contributed by atoms with Crippen LogP contribution in [0.25, 0.3) is 10.8 Å². The Morgan fingerprint density at radius 1 is 1.32 bits per heavy atom. The normalized spacial score (nSPS) is 12.1. The van der Waals surface area contributed by atoms with Crippen molar-refractivity contribution in [2.24, 2.45) is 5.73 Å². The molecule has 0 saturated heterocycles. The molecule has 22 heavy (non-hydrogen) atoms. The summed E-state index contributed by atoms with van der Waals surface area (Å²) in [7, 11) is 0. The van der Waals surface area contributed by atoms with E-state index >= 15 is 0 Å². The molecule has 0 aliphatic rings. The molecule has 0 spiro atoms. The van der Waals surface area contributed by atoms with E-state index in [4.69, 9.17) is 5.73 Å². The Morgan fingerprint density at radius 3 is 2.45 bits per heavy atom. The molecule has 8 heteroatoms. The molecule has 0 atom stereocenters. The predicted octanol–water partition coefficient (Wildman–Crippen LogP) is 2.02. The van der Waals surface area contributed by atoms with E-state index in [9.17, 15) is 22.8 Å². The van der Waals surface area contributed by atoms with E-state index in [1.54, 1.807) is 13.8 Å². The average Bonchev–Trinajstić information content (AvgIpc) is 2.39. The molecule has 0 fully saturated rings. The summed E-state index contributed by atoms with van der Waals surface area (Å²) < 4.78 is 39.4. The van der Waals surface area contributed by atoms with Crippen LogP contribution in [0.3, 0.4) is 0 Å². The number of benzene rings is 1. The summed E-state index contributed by atoms with van der Waals surface area (Å²) in [6, 6.07) is 2.85. The molecule has 0 aliphatic carbocycles. The van der Waals surface area contributed by atoms with Crippen molar-refractivity contribution in [2.45, 2.75) is 32.5 Å². The number of carbonyl (C=O) groups is 1. The van der Waals surface area contributed by atoms with E-state index in [1.807, 2.05) is 0 Å². The lowest BCUT2D eigenvalue weighted by atomic mass is 10.0. The monoisotopic (exact) mass is 313 g/mol. The lowest BCUT2D eigenvalue weighted by Gasteiger charge is -2.14. The molecular formula is C14H14F3N3O2. The van der Waals surface area contributed by atoms with Crippen LogP contribution in [0.2, 0.25) is 0 Å². The lowest BCUT2D eigenvalue weighted by Crippen LogP contribution is -2.31. The Labute approximate surface area is 123 Å². The van der Waals surface area contributed by atoms with Crippen LogP contribution in [-0.4, -0.2) is 15.7 Å². The molecule has 1 heterocycles. The zero-order valence-electron chi connectivity index (χ0n) is 11.9. The van der Waals surface area contributed by atoms with Gasteiger partial charge in [0, 0.05) is 5.39 Å². The SMILES string of the molecule is CC(C)c1nn(CC(N)=O)c(=O)c2ccc(C(F)(F)F)cc12. The van der Waals surface area contributed by atoms with Gasteiger partial charge in [0.05, 0.1) is 16.6 Å². The van der Waals surface area contributed by atoms with Crippen molar-refractivity contribution in [3.05, 3.63) is 39.8 Å². The first-order chi connectivity index (χ1) is 10.1. The smallest absolute Gasteiger partial charge is 0.368 e. The number of primary amides is 1. The van der Waals surface area contributed by atoms with Gasteiger partial charge in [-0.3, -0.25) is 9.59 Å². The van der Waals surface area contributed by atoms with Crippen molar-refractivity contribution in [3.8, 4) is 0 Å². The van der Waals surface area contributed by atoms with Gasteiger partial charge in [-0.25, -0.2) is 4.68 Å². The Hall–Kier alpha value is -2.38. The highest BCUT2D eigenvalue weighted by Crippen LogP contribution is 2.32. The molecule has 5 nitrogen and oxygen atoms in total. The Bertz CT molecular complexity index is 794. The number of nitrogens with zero attached hydrogens (tertiary/aromatic N) is 2. The van der Waals surface area contributed by atoms with Crippen molar-refractivity contribution in [3.63, 3.8) is 0 Å². The predicted molar refractivity (Wildman–Crippen MR) is 74.3 cm³/mol. The number of nitrogens with two attached hydrogens (primary N) is 1. The van der Waals surface area contributed by atoms with Gasteiger partial charge in [-0.05, 0) is 24.1 Å². The summed E-state index contributed by atoms with van der Waals surface area (Å²) in [5.41, 5.74) is 3.87. The number of amides is 1. The van der Waals surface area contributed by atoms with Crippen LogP contribution in [0, 0.1) is 0 Å². The fourth-order valence-corrected chi connectivity index (χ4v) is 2.17. The molecule has 2 aromatic rings. The fraction of sp³-hybridized carbons (Fsp3) is 0.357. The van der Waals surface area contributed by atoms with Gasteiger partial charge in [-0.1, -0.05) is 13.8 Å². The number of carbonyl (C=O) groups excluding carboxylic acids is 1. The fourth-order valence-electron chi connectivity index (χ4n) is 2.17. The van der Waals surface area contributed by atoms with Gasteiger partial charge in [-0.15, -0.1) is 0 Å². The van der Waals surface area contributed by atoms with Crippen molar-refractivity contribution in [1.82, 2.24) is 9.78 Å². The molecule has 1 aromatic carbocycles. The van der Waals surface area contributed by atoms with Crippen LogP contribution in [0.4, 0.5) is 13.2 Å². The van der Waals surface area contributed by atoms with E-state index < -0.39 is 29.8 Å². The first kappa shape index (κ1) is 16.0. The second-order valence-electron chi connectivity index (χ2n) is 5.23. The molecule has 0 saturated carbocycles.